The maximum absolute atomic E-state index is 5.82. The fourth-order valence-corrected chi connectivity index (χ4v) is 3.55. The molecule has 1 aliphatic heterocycles. The summed E-state index contributed by atoms with van der Waals surface area (Å²) in [6, 6.07) is 0.598. The minimum Gasteiger partial charge on any atom is -0.376 e. The van der Waals surface area contributed by atoms with Crippen molar-refractivity contribution in [1.82, 2.24) is 5.32 Å². The van der Waals surface area contributed by atoms with Crippen LogP contribution in [0.15, 0.2) is 4.99 Å². The van der Waals surface area contributed by atoms with E-state index in [-0.39, 0.29) is 0 Å². The number of nitrogens with one attached hydrogen (secondary N) is 1. The molecule has 0 bridgehead atoms. The van der Waals surface area contributed by atoms with E-state index < -0.39 is 0 Å². The van der Waals surface area contributed by atoms with Crippen LogP contribution in [0.5, 0.6) is 0 Å². The van der Waals surface area contributed by atoms with Crippen LogP contribution in [-0.2, 0) is 4.74 Å². The molecule has 104 valence electrons. The molecule has 0 aromatic rings. The number of hydrogen-bond donors (Lipinski definition) is 1. The maximum atomic E-state index is 5.82. The van der Waals surface area contributed by atoms with Gasteiger partial charge in [-0.25, -0.2) is 0 Å². The quantitative estimate of drug-likeness (QED) is 0.780. The van der Waals surface area contributed by atoms with Gasteiger partial charge in [-0.1, -0.05) is 38.5 Å². The minimum atomic E-state index is 0.514. The molecule has 2 rings (SSSR count). The van der Waals surface area contributed by atoms with Gasteiger partial charge in [0, 0.05) is 11.8 Å². The van der Waals surface area contributed by atoms with Crippen molar-refractivity contribution in [3.63, 3.8) is 0 Å². The Hall–Kier alpha value is -0.220. The largest absolute Gasteiger partial charge is 0.376 e. The standard InChI is InChI=1S/C14H26N2OS/c1-11(2)13-7-10-18-14(16-13)15-8-9-17-12-5-3-4-6-12/h11-13H,3-10H2,1-2H3,(H,15,16). The van der Waals surface area contributed by atoms with Gasteiger partial charge in [-0.05, 0) is 25.2 Å². The summed E-state index contributed by atoms with van der Waals surface area (Å²) >= 11 is 1.85. The van der Waals surface area contributed by atoms with Gasteiger partial charge in [-0.3, -0.25) is 4.99 Å². The van der Waals surface area contributed by atoms with E-state index in [0.717, 1.165) is 18.3 Å². The third kappa shape index (κ3) is 4.47. The van der Waals surface area contributed by atoms with Crippen LogP contribution in [0.1, 0.15) is 46.0 Å². The molecule has 1 saturated carbocycles. The van der Waals surface area contributed by atoms with Crippen LogP contribution in [-0.4, -0.2) is 36.2 Å². The Balaban J connectivity index is 1.65. The van der Waals surface area contributed by atoms with E-state index in [4.69, 9.17) is 4.74 Å². The van der Waals surface area contributed by atoms with Crippen molar-refractivity contribution in [2.45, 2.75) is 58.1 Å². The van der Waals surface area contributed by atoms with Crippen LogP contribution in [0.3, 0.4) is 0 Å². The number of rotatable bonds is 5. The van der Waals surface area contributed by atoms with E-state index in [1.165, 1.54) is 37.9 Å². The number of hydrogen-bond acceptors (Lipinski definition) is 3. The number of thioether (sulfide) groups is 1. The second kappa shape index (κ2) is 7.39. The van der Waals surface area contributed by atoms with E-state index in [9.17, 15) is 0 Å². The SMILES string of the molecule is CC(C)C1CCSC(=NCCOC2CCCC2)N1. The van der Waals surface area contributed by atoms with E-state index in [2.05, 4.69) is 24.2 Å². The number of aliphatic imine (C=N–C) groups is 1. The monoisotopic (exact) mass is 270 g/mol. The number of ether oxygens (including phenoxy) is 1. The Bertz CT molecular complexity index is 275. The first-order valence-electron chi connectivity index (χ1n) is 7.31. The van der Waals surface area contributed by atoms with Crippen molar-refractivity contribution >= 4 is 16.9 Å². The average molecular weight is 270 g/mol. The Kier molecular flexibility index (Phi) is 5.83. The normalized spacial score (nSPS) is 27.9. The zero-order valence-electron chi connectivity index (χ0n) is 11.7. The van der Waals surface area contributed by atoms with Gasteiger partial charge in [0.2, 0.25) is 0 Å². The topological polar surface area (TPSA) is 33.6 Å². The highest BCUT2D eigenvalue weighted by atomic mass is 32.2. The summed E-state index contributed by atoms with van der Waals surface area (Å²) in [5.41, 5.74) is 0. The van der Waals surface area contributed by atoms with Crippen molar-refractivity contribution in [3.8, 4) is 0 Å². The molecule has 18 heavy (non-hydrogen) atoms. The van der Waals surface area contributed by atoms with Crippen LogP contribution in [0, 0.1) is 5.92 Å². The molecule has 0 spiro atoms. The molecule has 1 saturated heterocycles. The Morgan fingerprint density at radius 1 is 1.33 bits per heavy atom. The van der Waals surface area contributed by atoms with E-state index in [1.807, 2.05) is 11.8 Å². The minimum absolute atomic E-state index is 0.514. The third-order valence-corrected chi connectivity index (χ3v) is 4.74. The van der Waals surface area contributed by atoms with E-state index >= 15 is 0 Å². The van der Waals surface area contributed by atoms with Gasteiger partial charge in [0.25, 0.3) is 0 Å². The molecule has 1 unspecified atom stereocenters. The third-order valence-electron chi connectivity index (χ3n) is 3.78. The zero-order chi connectivity index (χ0) is 12.8. The fraction of sp³-hybridized carbons (Fsp3) is 0.929. The number of nitrogens with zero attached hydrogens (tertiary/aromatic N) is 1. The lowest BCUT2D eigenvalue weighted by atomic mass is 10.0. The highest BCUT2D eigenvalue weighted by Gasteiger charge is 2.20. The van der Waals surface area contributed by atoms with Gasteiger partial charge in [-0.2, -0.15) is 0 Å². The average Bonchev–Trinajstić information content (AvgIpc) is 2.88. The van der Waals surface area contributed by atoms with E-state index in [1.54, 1.807) is 0 Å². The first-order chi connectivity index (χ1) is 8.75. The van der Waals surface area contributed by atoms with Gasteiger partial charge in [0.1, 0.15) is 0 Å². The lowest BCUT2D eigenvalue weighted by molar-refractivity contribution is 0.0643. The summed E-state index contributed by atoms with van der Waals surface area (Å²) in [5.74, 6) is 1.88. The van der Waals surface area contributed by atoms with Gasteiger partial charge in [-0.15, -0.1) is 0 Å². The van der Waals surface area contributed by atoms with Crippen LogP contribution < -0.4 is 5.32 Å². The van der Waals surface area contributed by atoms with Crippen LogP contribution in [0.2, 0.25) is 0 Å². The van der Waals surface area contributed by atoms with Crippen molar-refractivity contribution in [3.05, 3.63) is 0 Å². The molecule has 0 aromatic heterocycles. The molecule has 1 heterocycles. The number of amidine groups is 1. The lowest BCUT2D eigenvalue weighted by Crippen LogP contribution is -2.41. The highest BCUT2D eigenvalue weighted by molar-refractivity contribution is 8.13. The predicted molar refractivity (Wildman–Crippen MR) is 79.3 cm³/mol. The molecule has 0 amide bonds. The van der Waals surface area contributed by atoms with Crippen LogP contribution >= 0.6 is 11.8 Å². The van der Waals surface area contributed by atoms with Crippen molar-refractivity contribution in [1.29, 1.82) is 0 Å². The molecule has 0 aromatic carbocycles. The van der Waals surface area contributed by atoms with Crippen LogP contribution in [0.25, 0.3) is 0 Å². The molecule has 2 fully saturated rings. The summed E-state index contributed by atoms with van der Waals surface area (Å²) in [6.45, 7) is 6.13. The van der Waals surface area contributed by atoms with Crippen molar-refractivity contribution < 1.29 is 4.74 Å². The molecule has 3 nitrogen and oxygen atoms in total. The molecular weight excluding hydrogens is 244 g/mol. The van der Waals surface area contributed by atoms with Crippen molar-refractivity contribution in [2.24, 2.45) is 10.9 Å². The Morgan fingerprint density at radius 2 is 2.11 bits per heavy atom. The van der Waals surface area contributed by atoms with Gasteiger partial charge < -0.3 is 10.1 Å². The smallest absolute Gasteiger partial charge is 0.156 e. The highest BCUT2D eigenvalue weighted by Crippen LogP contribution is 2.21. The zero-order valence-corrected chi connectivity index (χ0v) is 12.5. The molecule has 1 N–H and O–H groups in total. The molecule has 2 aliphatic rings. The summed E-state index contributed by atoms with van der Waals surface area (Å²) in [6.07, 6.45) is 6.94. The van der Waals surface area contributed by atoms with Crippen LogP contribution in [0.4, 0.5) is 0 Å². The fourth-order valence-electron chi connectivity index (χ4n) is 2.57. The lowest BCUT2D eigenvalue weighted by Gasteiger charge is -2.28. The molecular formula is C14H26N2OS. The van der Waals surface area contributed by atoms with Gasteiger partial charge >= 0.3 is 0 Å². The predicted octanol–water partition coefficient (Wildman–Crippen LogP) is 3.05. The van der Waals surface area contributed by atoms with Crippen molar-refractivity contribution in [2.75, 3.05) is 18.9 Å². The summed E-state index contributed by atoms with van der Waals surface area (Å²) in [5, 5.41) is 4.66. The van der Waals surface area contributed by atoms with Gasteiger partial charge in [0.05, 0.1) is 19.3 Å². The Morgan fingerprint density at radius 3 is 2.83 bits per heavy atom. The maximum Gasteiger partial charge on any atom is 0.156 e. The second-order valence-corrected chi connectivity index (χ2v) is 6.68. The summed E-state index contributed by atoms with van der Waals surface area (Å²) in [7, 11) is 0. The second-order valence-electron chi connectivity index (χ2n) is 5.60. The van der Waals surface area contributed by atoms with E-state index in [0.29, 0.717) is 18.1 Å². The summed E-state index contributed by atoms with van der Waals surface area (Å²) < 4.78 is 5.82. The Labute approximate surface area is 115 Å². The molecule has 1 atom stereocenters. The summed E-state index contributed by atoms with van der Waals surface area (Å²) in [4.78, 5) is 4.62. The molecule has 4 heteroatoms. The molecule has 0 radical (unpaired) electrons. The van der Waals surface area contributed by atoms with Gasteiger partial charge in [0.15, 0.2) is 5.17 Å². The first-order valence-corrected chi connectivity index (χ1v) is 8.29. The molecule has 1 aliphatic carbocycles. The first kappa shape index (κ1) is 14.2.